The number of amides is 1. The topological polar surface area (TPSA) is 116 Å². The van der Waals surface area contributed by atoms with Gasteiger partial charge in [0.1, 0.15) is 0 Å². The van der Waals surface area contributed by atoms with E-state index >= 15 is 0 Å². The molecule has 1 aliphatic rings. The van der Waals surface area contributed by atoms with Gasteiger partial charge >= 0.3 is 0 Å². The van der Waals surface area contributed by atoms with Gasteiger partial charge in [-0.2, -0.15) is 0 Å². The zero-order valence-corrected chi connectivity index (χ0v) is 19.0. The molecule has 1 aromatic heterocycles. The van der Waals surface area contributed by atoms with Crippen molar-refractivity contribution in [2.45, 2.75) is 11.7 Å². The number of benzene rings is 2. The molecule has 0 aliphatic carbocycles. The van der Waals surface area contributed by atoms with Crippen LogP contribution in [0.3, 0.4) is 0 Å². The average Bonchev–Trinajstić information content (AvgIpc) is 3.36. The van der Waals surface area contributed by atoms with Gasteiger partial charge < -0.3 is 19.4 Å². The zero-order chi connectivity index (χ0) is 22.7. The fraction of sp³-hybridized carbons (Fsp3) is 0.250. The molecular weight excluding hydrogens is 454 g/mol. The molecule has 0 atom stereocenters. The molecule has 0 bridgehead atoms. The van der Waals surface area contributed by atoms with Gasteiger partial charge in [0.05, 0.1) is 24.2 Å². The van der Waals surface area contributed by atoms with Crippen LogP contribution in [-0.2, 0) is 28.4 Å². The van der Waals surface area contributed by atoms with Gasteiger partial charge in [-0.25, -0.2) is 8.42 Å². The Hall–Kier alpha value is -3.25. The smallest absolute Gasteiger partial charge is 0.234 e. The lowest BCUT2D eigenvalue weighted by Crippen LogP contribution is -2.30. The molecule has 0 radical (unpaired) electrons. The third-order valence-corrected chi connectivity index (χ3v) is 6.80. The van der Waals surface area contributed by atoms with Crippen LogP contribution in [0.1, 0.15) is 5.82 Å². The highest BCUT2D eigenvalue weighted by atomic mass is 32.2. The number of ether oxygens (including phenoxy) is 2. The first-order chi connectivity index (χ1) is 15.3. The lowest BCUT2D eigenvalue weighted by Gasteiger charge is -2.21. The predicted molar refractivity (Wildman–Crippen MR) is 120 cm³/mol. The van der Waals surface area contributed by atoms with Gasteiger partial charge in [0.15, 0.2) is 22.5 Å². The van der Waals surface area contributed by atoms with E-state index < -0.39 is 10.0 Å². The minimum Gasteiger partial charge on any atom is -0.454 e. The Labute approximate surface area is 189 Å². The van der Waals surface area contributed by atoms with Crippen molar-refractivity contribution >= 4 is 39.1 Å². The summed E-state index contributed by atoms with van der Waals surface area (Å²) in [5.41, 5.74) is 1.14. The number of aromatic nitrogens is 3. The van der Waals surface area contributed by atoms with E-state index in [4.69, 9.17) is 9.47 Å². The second-order valence-corrected chi connectivity index (χ2v) is 9.82. The van der Waals surface area contributed by atoms with E-state index in [-0.39, 0.29) is 25.0 Å². The fourth-order valence-electron chi connectivity index (χ4n) is 3.03. The molecule has 3 aromatic rings. The standard InChI is InChI=1S/C20H21N5O5S2/c1-24-18(11-25(32(2,27)28)15-6-4-3-5-7-15)22-23-20(24)31-12-19(26)21-14-8-9-16-17(10-14)30-13-29-16/h3-10H,11-13H2,1-2H3,(H,21,26). The Morgan fingerprint density at radius 2 is 1.91 bits per heavy atom. The number of nitrogens with one attached hydrogen (secondary N) is 1. The van der Waals surface area contributed by atoms with Crippen LogP contribution in [-0.4, -0.2) is 47.9 Å². The zero-order valence-electron chi connectivity index (χ0n) is 17.4. The van der Waals surface area contributed by atoms with Gasteiger partial charge in [-0.3, -0.25) is 9.10 Å². The summed E-state index contributed by atoms with van der Waals surface area (Å²) in [6.07, 6.45) is 1.15. The summed E-state index contributed by atoms with van der Waals surface area (Å²) >= 11 is 1.20. The normalized spacial score (nSPS) is 12.6. The molecule has 0 fully saturated rings. The molecule has 32 heavy (non-hydrogen) atoms. The van der Waals surface area contributed by atoms with E-state index in [1.165, 1.54) is 16.1 Å². The molecule has 1 N–H and O–H groups in total. The van der Waals surface area contributed by atoms with Crippen LogP contribution in [0.25, 0.3) is 0 Å². The summed E-state index contributed by atoms with van der Waals surface area (Å²) in [5.74, 6) is 1.57. The van der Waals surface area contributed by atoms with Gasteiger partial charge in [0.25, 0.3) is 0 Å². The van der Waals surface area contributed by atoms with E-state index in [0.29, 0.717) is 33.9 Å². The Kier molecular flexibility index (Phi) is 6.24. The molecule has 2 heterocycles. The highest BCUT2D eigenvalue weighted by Crippen LogP contribution is 2.34. The molecule has 2 aromatic carbocycles. The molecule has 0 saturated carbocycles. The molecule has 1 amide bonds. The van der Waals surface area contributed by atoms with Crippen LogP contribution in [0.4, 0.5) is 11.4 Å². The van der Waals surface area contributed by atoms with Crippen LogP contribution >= 0.6 is 11.8 Å². The quantitative estimate of drug-likeness (QED) is 0.493. The highest BCUT2D eigenvalue weighted by Gasteiger charge is 2.21. The molecule has 12 heteroatoms. The first kappa shape index (κ1) is 22.0. The number of carbonyl (C=O) groups excluding carboxylic acids is 1. The molecule has 1 aliphatic heterocycles. The van der Waals surface area contributed by atoms with Crippen LogP contribution in [0.2, 0.25) is 0 Å². The lowest BCUT2D eigenvalue weighted by atomic mass is 10.3. The van der Waals surface area contributed by atoms with Gasteiger partial charge in [0, 0.05) is 18.8 Å². The summed E-state index contributed by atoms with van der Waals surface area (Å²) < 4.78 is 38.1. The fourth-order valence-corrected chi connectivity index (χ4v) is 4.62. The van der Waals surface area contributed by atoms with Gasteiger partial charge in [-0.05, 0) is 24.3 Å². The van der Waals surface area contributed by atoms with Crippen molar-refractivity contribution in [2.75, 3.05) is 28.4 Å². The van der Waals surface area contributed by atoms with E-state index in [0.717, 1.165) is 6.26 Å². The monoisotopic (exact) mass is 475 g/mol. The summed E-state index contributed by atoms with van der Waals surface area (Å²) in [5, 5.41) is 11.5. The Bertz CT molecular complexity index is 1230. The summed E-state index contributed by atoms with van der Waals surface area (Å²) in [6.45, 7) is 0.189. The van der Waals surface area contributed by atoms with Crippen molar-refractivity contribution in [1.29, 1.82) is 0 Å². The van der Waals surface area contributed by atoms with E-state index in [1.807, 2.05) is 6.07 Å². The number of nitrogens with zero attached hydrogens (tertiary/aromatic N) is 4. The predicted octanol–water partition coefficient (Wildman–Crippen LogP) is 2.24. The number of fused-ring (bicyclic) bond motifs is 1. The van der Waals surface area contributed by atoms with E-state index in [2.05, 4.69) is 15.5 Å². The average molecular weight is 476 g/mol. The summed E-state index contributed by atoms with van der Waals surface area (Å²) in [6, 6.07) is 14.0. The van der Waals surface area contributed by atoms with Crippen molar-refractivity contribution in [3.63, 3.8) is 0 Å². The minimum absolute atomic E-state index is 0.0241. The van der Waals surface area contributed by atoms with Gasteiger partial charge in [-0.15, -0.1) is 10.2 Å². The first-order valence-corrected chi connectivity index (χ1v) is 12.4. The number of rotatable bonds is 8. The molecule has 168 valence electrons. The molecule has 0 saturated heterocycles. The SMILES string of the molecule is Cn1c(CN(c2ccccc2)S(C)(=O)=O)nnc1SCC(=O)Nc1ccc2c(c1)OCO2. The van der Waals surface area contributed by atoms with Gasteiger partial charge in [-0.1, -0.05) is 30.0 Å². The Balaban J connectivity index is 1.40. The van der Waals surface area contributed by atoms with Crippen molar-refractivity contribution in [2.24, 2.45) is 7.05 Å². The highest BCUT2D eigenvalue weighted by molar-refractivity contribution is 7.99. The third-order valence-electron chi connectivity index (χ3n) is 4.64. The number of para-hydroxylation sites is 1. The third kappa shape index (κ3) is 4.97. The largest absolute Gasteiger partial charge is 0.454 e. The maximum Gasteiger partial charge on any atom is 0.234 e. The van der Waals surface area contributed by atoms with Crippen molar-refractivity contribution in [1.82, 2.24) is 14.8 Å². The van der Waals surface area contributed by atoms with Crippen molar-refractivity contribution < 1.29 is 22.7 Å². The second kappa shape index (κ2) is 9.09. The number of anilines is 2. The minimum atomic E-state index is -3.53. The molecular formula is C20H21N5O5S2. The molecule has 10 nitrogen and oxygen atoms in total. The number of hydrogen-bond donors (Lipinski definition) is 1. The lowest BCUT2D eigenvalue weighted by molar-refractivity contribution is -0.113. The second-order valence-electron chi connectivity index (χ2n) is 6.97. The maximum absolute atomic E-state index is 12.3. The van der Waals surface area contributed by atoms with Crippen LogP contribution in [0, 0.1) is 0 Å². The summed E-state index contributed by atoms with van der Waals surface area (Å²) in [7, 11) is -1.79. The van der Waals surface area contributed by atoms with Crippen LogP contribution in [0.15, 0.2) is 53.7 Å². The van der Waals surface area contributed by atoms with E-state index in [9.17, 15) is 13.2 Å². The summed E-state index contributed by atoms with van der Waals surface area (Å²) in [4.78, 5) is 12.3. The van der Waals surface area contributed by atoms with E-state index in [1.54, 1.807) is 54.1 Å². The number of carbonyl (C=O) groups is 1. The number of sulfonamides is 1. The van der Waals surface area contributed by atoms with Crippen LogP contribution in [0.5, 0.6) is 11.5 Å². The molecule has 4 rings (SSSR count). The van der Waals surface area contributed by atoms with Gasteiger partial charge in [0.2, 0.25) is 22.7 Å². The Morgan fingerprint density at radius 3 is 2.66 bits per heavy atom. The Morgan fingerprint density at radius 1 is 1.16 bits per heavy atom. The van der Waals surface area contributed by atoms with Crippen molar-refractivity contribution in [3.8, 4) is 11.5 Å². The first-order valence-electron chi connectivity index (χ1n) is 9.54. The van der Waals surface area contributed by atoms with Crippen molar-refractivity contribution in [3.05, 3.63) is 54.4 Å². The molecule has 0 spiro atoms. The number of hydrogen-bond acceptors (Lipinski definition) is 8. The van der Waals surface area contributed by atoms with Crippen LogP contribution < -0.4 is 19.1 Å². The number of thioether (sulfide) groups is 1. The maximum atomic E-state index is 12.3. The molecule has 0 unspecified atom stereocenters.